The molecule has 1 atom stereocenters. The van der Waals surface area contributed by atoms with E-state index in [0.29, 0.717) is 12.1 Å². The Hall–Kier alpha value is -3.88. The fourth-order valence-corrected chi connectivity index (χ4v) is 3.31. The van der Waals surface area contributed by atoms with E-state index in [0.717, 1.165) is 30.4 Å². The van der Waals surface area contributed by atoms with Gasteiger partial charge in [0.25, 0.3) is 0 Å². The van der Waals surface area contributed by atoms with Crippen LogP contribution in [0.25, 0.3) is 0 Å². The van der Waals surface area contributed by atoms with Gasteiger partial charge < -0.3 is 25.8 Å². The topological polar surface area (TPSA) is 144 Å². The Kier molecular flexibility index (Phi) is 11.8. The highest BCUT2D eigenvalue weighted by molar-refractivity contribution is 5.94. The van der Waals surface area contributed by atoms with Crippen LogP contribution in [0.3, 0.4) is 0 Å². The molecule has 2 aromatic carbocycles. The van der Waals surface area contributed by atoms with E-state index in [2.05, 4.69) is 10.6 Å². The Balaban J connectivity index is 1.79. The van der Waals surface area contributed by atoms with Crippen LogP contribution in [-0.4, -0.2) is 43.0 Å². The quantitative estimate of drug-likeness (QED) is 0.141. The number of amidine groups is 1. The summed E-state index contributed by atoms with van der Waals surface area (Å²) in [6, 6.07) is 15.8. The van der Waals surface area contributed by atoms with Gasteiger partial charge in [0.15, 0.2) is 0 Å². The molecule has 0 aromatic heterocycles. The third-order valence-electron chi connectivity index (χ3n) is 5.22. The number of nitrogens with one attached hydrogen (secondary N) is 3. The Morgan fingerprint density at radius 2 is 1.69 bits per heavy atom. The van der Waals surface area contributed by atoms with Crippen molar-refractivity contribution < 1.29 is 23.9 Å². The molecule has 0 saturated carbocycles. The first-order chi connectivity index (χ1) is 16.9. The molecule has 1 unspecified atom stereocenters. The van der Waals surface area contributed by atoms with Gasteiger partial charge in [0.05, 0.1) is 6.61 Å². The minimum Gasteiger partial charge on any atom is -0.466 e. The lowest BCUT2D eigenvalue weighted by Crippen LogP contribution is -2.47. The van der Waals surface area contributed by atoms with Crippen molar-refractivity contribution in [3.63, 3.8) is 0 Å². The average Bonchev–Trinajstić information content (AvgIpc) is 2.86. The molecule has 9 nitrogen and oxygen atoms in total. The van der Waals surface area contributed by atoms with Crippen LogP contribution in [0, 0.1) is 5.41 Å². The van der Waals surface area contributed by atoms with Crippen molar-refractivity contribution in [3.8, 4) is 0 Å². The van der Waals surface area contributed by atoms with Gasteiger partial charge in [-0.1, -0.05) is 54.6 Å². The number of hydrogen-bond donors (Lipinski definition) is 4. The van der Waals surface area contributed by atoms with Crippen molar-refractivity contribution in [1.82, 2.24) is 10.6 Å². The van der Waals surface area contributed by atoms with E-state index in [1.807, 2.05) is 54.6 Å². The predicted octanol–water partition coefficient (Wildman–Crippen LogP) is 3.05. The molecule has 0 aliphatic carbocycles. The summed E-state index contributed by atoms with van der Waals surface area (Å²) in [4.78, 5) is 36.7. The third kappa shape index (κ3) is 10.7. The number of nitrogens with two attached hydrogens (primary N) is 1. The molecule has 0 aliphatic rings. The lowest BCUT2D eigenvalue weighted by molar-refractivity contribution is -0.143. The van der Waals surface area contributed by atoms with Crippen LogP contribution >= 0.6 is 0 Å². The fraction of sp³-hybridized carbons (Fsp3) is 0.385. The number of alkyl carbamates (subject to hydrolysis) is 1. The van der Waals surface area contributed by atoms with E-state index in [1.54, 1.807) is 6.92 Å². The highest BCUT2D eigenvalue weighted by atomic mass is 16.5. The summed E-state index contributed by atoms with van der Waals surface area (Å²) in [5.74, 6) is -0.772. The van der Waals surface area contributed by atoms with Gasteiger partial charge in [-0.25, -0.2) is 4.79 Å². The molecule has 2 aromatic rings. The van der Waals surface area contributed by atoms with Crippen molar-refractivity contribution in [2.24, 2.45) is 5.73 Å². The van der Waals surface area contributed by atoms with E-state index < -0.39 is 18.1 Å². The van der Waals surface area contributed by atoms with E-state index >= 15 is 0 Å². The lowest BCUT2D eigenvalue weighted by atomic mass is 10.1. The second-order valence-electron chi connectivity index (χ2n) is 7.96. The summed E-state index contributed by atoms with van der Waals surface area (Å²) in [5.41, 5.74) is 8.10. The van der Waals surface area contributed by atoms with Crippen LogP contribution in [0.5, 0.6) is 0 Å². The minimum atomic E-state index is -0.915. The van der Waals surface area contributed by atoms with Gasteiger partial charge in [0, 0.05) is 18.5 Å². The van der Waals surface area contributed by atoms with Crippen LogP contribution < -0.4 is 16.4 Å². The Labute approximate surface area is 205 Å². The number of amides is 2. The highest BCUT2D eigenvalue weighted by Crippen LogP contribution is 2.08. The standard InChI is InChI=1S/C26H34N4O5/c1-2-34-23(31)16-15-22(30-26(33)35-18-20-9-4-3-5-10-20)25(32)29-17-7-6-8-19-11-13-21(14-12-19)24(27)28/h3-5,9-14,22H,2,6-8,15-18H2,1H3,(H3,27,28)(H,29,32)(H,30,33). The van der Waals surface area contributed by atoms with Crippen LogP contribution in [0.15, 0.2) is 54.6 Å². The SMILES string of the molecule is CCOC(=O)CCC(NC(=O)OCc1ccccc1)C(=O)NCCCCc1ccc(C(=N)N)cc1. The molecular weight excluding hydrogens is 448 g/mol. The zero-order valence-electron chi connectivity index (χ0n) is 20.0. The van der Waals surface area contributed by atoms with Crippen molar-refractivity contribution in [1.29, 1.82) is 5.41 Å². The number of carbonyl (C=O) groups excluding carboxylic acids is 3. The van der Waals surface area contributed by atoms with E-state index in [-0.39, 0.29) is 37.8 Å². The van der Waals surface area contributed by atoms with Crippen LogP contribution in [-0.2, 0) is 32.1 Å². The minimum absolute atomic E-state index is 0.00114. The number of rotatable bonds is 14. The molecule has 2 amide bonds. The fourth-order valence-electron chi connectivity index (χ4n) is 3.31. The van der Waals surface area contributed by atoms with Crippen LogP contribution in [0.1, 0.15) is 49.3 Å². The first-order valence-corrected chi connectivity index (χ1v) is 11.7. The summed E-state index contributed by atoms with van der Waals surface area (Å²) in [6.45, 7) is 2.46. The van der Waals surface area contributed by atoms with Gasteiger partial charge in [-0.2, -0.15) is 0 Å². The van der Waals surface area contributed by atoms with Crippen molar-refractivity contribution in [3.05, 3.63) is 71.3 Å². The van der Waals surface area contributed by atoms with Crippen molar-refractivity contribution >= 4 is 23.8 Å². The van der Waals surface area contributed by atoms with E-state index in [4.69, 9.17) is 20.6 Å². The first-order valence-electron chi connectivity index (χ1n) is 11.7. The van der Waals surface area contributed by atoms with Gasteiger partial charge in [0.2, 0.25) is 5.91 Å². The highest BCUT2D eigenvalue weighted by Gasteiger charge is 2.22. The van der Waals surface area contributed by atoms with Gasteiger partial charge in [-0.05, 0) is 43.7 Å². The summed E-state index contributed by atoms with van der Waals surface area (Å²) >= 11 is 0. The second-order valence-corrected chi connectivity index (χ2v) is 7.96. The average molecular weight is 483 g/mol. The van der Waals surface area contributed by atoms with E-state index in [1.165, 1.54) is 0 Å². The summed E-state index contributed by atoms with van der Waals surface area (Å²) in [7, 11) is 0. The van der Waals surface area contributed by atoms with Crippen LogP contribution in [0.2, 0.25) is 0 Å². The van der Waals surface area contributed by atoms with Crippen LogP contribution in [0.4, 0.5) is 4.79 Å². The predicted molar refractivity (Wildman–Crippen MR) is 133 cm³/mol. The summed E-state index contributed by atoms with van der Waals surface area (Å²) in [5, 5.41) is 12.8. The molecule has 0 spiro atoms. The molecule has 9 heteroatoms. The number of hydrogen-bond acceptors (Lipinski definition) is 6. The van der Waals surface area contributed by atoms with Gasteiger partial charge in [-0.3, -0.25) is 15.0 Å². The second kappa shape index (κ2) is 15.1. The number of ether oxygens (including phenoxy) is 2. The van der Waals surface area contributed by atoms with E-state index in [9.17, 15) is 14.4 Å². The number of unbranched alkanes of at least 4 members (excludes halogenated alkanes) is 1. The normalized spacial score (nSPS) is 11.2. The zero-order valence-corrected chi connectivity index (χ0v) is 20.0. The molecule has 0 saturated heterocycles. The number of benzene rings is 2. The molecule has 0 bridgehead atoms. The van der Waals surface area contributed by atoms with Crippen molar-refractivity contribution in [2.75, 3.05) is 13.2 Å². The third-order valence-corrected chi connectivity index (χ3v) is 5.22. The Morgan fingerprint density at radius 3 is 2.34 bits per heavy atom. The molecule has 0 aliphatic heterocycles. The van der Waals surface area contributed by atoms with Gasteiger partial charge >= 0.3 is 12.1 Å². The zero-order chi connectivity index (χ0) is 25.5. The van der Waals surface area contributed by atoms with Crippen molar-refractivity contribution in [2.45, 2.75) is 51.7 Å². The molecule has 188 valence electrons. The first kappa shape index (κ1) is 27.4. The molecule has 2 rings (SSSR count). The van der Waals surface area contributed by atoms with Gasteiger partial charge in [-0.15, -0.1) is 0 Å². The maximum Gasteiger partial charge on any atom is 0.408 e. The largest absolute Gasteiger partial charge is 0.466 e. The molecular formula is C26H34N4O5. The Bertz CT molecular complexity index is 963. The number of carbonyl (C=O) groups is 3. The summed E-state index contributed by atoms with van der Waals surface area (Å²) in [6.07, 6.45) is 1.79. The maximum absolute atomic E-state index is 12.7. The summed E-state index contributed by atoms with van der Waals surface area (Å²) < 4.78 is 10.1. The molecule has 5 N–H and O–H groups in total. The molecule has 0 radical (unpaired) electrons. The lowest BCUT2D eigenvalue weighted by Gasteiger charge is -2.18. The monoisotopic (exact) mass is 482 g/mol. The number of nitrogen functional groups attached to an aromatic ring is 1. The maximum atomic E-state index is 12.7. The molecule has 0 heterocycles. The number of aryl methyl sites for hydroxylation is 1. The smallest absolute Gasteiger partial charge is 0.408 e. The van der Waals surface area contributed by atoms with Gasteiger partial charge in [0.1, 0.15) is 18.5 Å². The molecule has 0 fully saturated rings. The molecule has 35 heavy (non-hydrogen) atoms. The Morgan fingerprint density at radius 1 is 0.971 bits per heavy atom. The number of esters is 1.